The summed E-state index contributed by atoms with van der Waals surface area (Å²) in [6.07, 6.45) is 1.86. The van der Waals surface area contributed by atoms with Crippen molar-refractivity contribution in [3.8, 4) is 0 Å². The maximum absolute atomic E-state index is 11.2. The van der Waals surface area contributed by atoms with Gasteiger partial charge in [-0.2, -0.15) is 0 Å². The van der Waals surface area contributed by atoms with E-state index in [1.165, 1.54) is 11.1 Å². The number of hydrogen-bond donors (Lipinski definition) is 1. The van der Waals surface area contributed by atoms with E-state index >= 15 is 0 Å². The molecule has 0 spiro atoms. The van der Waals surface area contributed by atoms with Gasteiger partial charge in [0.2, 0.25) is 0 Å². The second-order valence-corrected chi connectivity index (χ2v) is 6.74. The largest absolute Gasteiger partial charge is 0.481 e. The fraction of sp³-hybridized carbons (Fsp3) is 0.588. The van der Waals surface area contributed by atoms with Crippen LogP contribution in [0.2, 0.25) is 0 Å². The molecule has 0 amide bonds. The summed E-state index contributed by atoms with van der Waals surface area (Å²) in [6.45, 7) is 8.67. The predicted octanol–water partition coefficient (Wildman–Crippen LogP) is 3.18. The third-order valence-corrected chi connectivity index (χ3v) is 4.14. The Kier molecular flexibility index (Phi) is 4.48. The topological polar surface area (TPSA) is 40.5 Å². The van der Waals surface area contributed by atoms with E-state index in [4.69, 9.17) is 0 Å². The van der Waals surface area contributed by atoms with Gasteiger partial charge in [-0.3, -0.25) is 9.69 Å². The third kappa shape index (κ3) is 3.60. The zero-order valence-electron chi connectivity index (χ0n) is 12.7. The fourth-order valence-electron chi connectivity index (χ4n) is 2.88. The van der Waals surface area contributed by atoms with Gasteiger partial charge in [0, 0.05) is 13.1 Å². The second-order valence-electron chi connectivity index (χ2n) is 6.74. The van der Waals surface area contributed by atoms with Crippen molar-refractivity contribution in [3.05, 3.63) is 35.4 Å². The average molecular weight is 275 g/mol. The summed E-state index contributed by atoms with van der Waals surface area (Å²) in [7, 11) is 0. The molecule has 1 atom stereocenters. The molecule has 1 N–H and O–H groups in total. The minimum absolute atomic E-state index is 0.572. The first-order chi connectivity index (χ1) is 9.39. The Hall–Kier alpha value is -1.35. The quantitative estimate of drug-likeness (QED) is 0.897. The Morgan fingerprint density at radius 1 is 1.30 bits per heavy atom. The van der Waals surface area contributed by atoms with Crippen molar-refractivity contribution >= 4 is 5.97 Å². The van der Waals surface area contributed by atoms with E-state index in [1.807, 2.05) is 6.92 Å². The fourth-order valence-corrected chi connectivity index (χ4v) is 2.88. The van der Waals surface area contributed by atoms with E-state index in [9.17, 15) is 9.90 Å². The smallest absolute Gasteiger partial charge is 0.310 e. The van der Waals surface area contributed by atoms with Gasteiger partial charge in [-0.1, -0.05) is 38.1 Å². The Morgan fingerprint density at radius 2 is 1.90 bits per heavy atom. The van der Waals surface area contributed by atoms with Crippen molar-refractivity contribution in [2.75, 3.05) is 13.1 Å². The summed E-state index contributed by atoms with van der Waals surface area (Å²) in [5.41, 5.74) is 2.07. The molecule has 0 aromatic heterocycles. The van der Waals surface area contributed by atoms with Crippen LogP contribution in [0.3, 0.4) is 0 Å². The number of hydrogen-bond acceptors (Lipinski definition) is 2. The Morgan fingerprint density at radius 3 is 2.40 bits per heavy atom. The maximum Gasteiger partial charge on any atom is 0.310 e. The van der Waals surface area contributed by atoms with E-state index in [0.29, 0.717) is 12.5 Å². The van der Waals surface area contributed by atoms with Crippen molar-refractivity contribution < 1.29 is 9.90 Å². The van der Waals surface area contributed by atoms with Gasteiger partial charge in [-0.15, -0.1) is 0 Å². The first-order valence-corrected chi connectivity index (χ1v) is 7.42. The molecule has 0 bridgehead atoms. The number of nitrogens with zero attached hydrogens (tertiary/aromatic N) is 1. The van der Waals surface area contributed by atoms with E-state index in [1.54, 1.807) is 0 Å². The van der Waals surface area contributed by atoms with Crippen LogP contribution in [0, 0.1) is 11.3 Å². The van der Waals surface area contributed by atoms with Gasteiger partial charge in [-0.05, 0) is 43.4 Å². The normalized spacial score (nSPS) is 23.4. The number of carbonyl (C=O) groups is 1. The highest BCUT2D eigenvalue weighted by molar-refractivity contribution is 5.74. The second kappa shape index (κ2) is 5.96. The van der Waals surface area contributed by atoms with Crippen molar-refractivity contribution in [2.24, 2.45) is 11.3 Å². The molecule has 1 aliphatic rings. The van der Waals surface area contributed by atoms with Gasteiger partial charge in [-0.25, -0.2) is 0 Å². The van der Waals surface area contributed by atoms with E-state index in [0.717, 1.165) is 25.9 Å². The molecule has 0 radical (unpaired) electrons. The molecule has 2 rings (SSSR count). The lowest BCUT2D eigenvalue weighted by atomic mass is 9.90. The highest BCUT2D eigenvalue weighted by Gasteiger charge is 2.40. The molecule has 1 fully saturated rings. The van der Waals surface area contributed by atoms with Crippen LogP contribution in [0.4, 0.5) is 0 Å². The molecule has 1 aromatic rings. The van der Waals surface area contributed by atoms with Gasteiger partial charge in [0.25, 0.3) is 0 Å². The van der Waals surface area contributed by atoms with Crippen molar-refractivity contribution in [3.63, 3.8) is 0 Å². The number of carboxylic acid groups (broad SMARTS) is 1. The van der Waals surface area contributed by atoms with Crippen LogP contribution in [-0.4, -0.2) is 29.1 Å². The van der Waals surface area contributed by atoms with Crippen molar-refractivity contribution in [1.82, 2.24) is 4.90 Å². The first-order valence-electron chi connectivity index (χ1n) is 7.42. The highest BCUT2D eigenvalue weighted by Crippen LogP contribution is 2.31. The molecule has 20 heavy (non-hydrogen) atoms. The Balaban J connectivity index is 1.93. The standard InChI is InChI=1S/C17H25NO2/c1-13(2)10-14-4-6-15(7-5-14)11-18-9-8-17(3,12-18)16(19)20/h4-7,13H,8-12H2,1-3H3,(H,19,20). The summed E-state index contributed by atoms with van der Waals surface area (Å²) in [5, 5.41) is 9.25. The predicted molar refractivity (Wildman–Crippen MR) is 80.6 cm³/mol. The first kappa shape index (κ1) is 15.0. The molecule has 1 saturated heterocycles. The molecule has 0 aliphatic carbocycles. The Labute approximate surface area is 121 Å². The third-order valence-electron chi connectivity index (χ3n) is 4.14. The van der Waals surface area contributed by atoms with Crippen molar-refractivity contribution in [1.29, 1.82) is 0 Å². The van der Waals surface area contributed by atoms with Crippen LogP contribution in [0.25, 0.3) is 0 Å². The lowest BCUT2D eigenvalue weighted by Crippen LogP contribution is -2.31. The number of aliphatic carboxylic acids is 1. The van der Waals surface area contributed by atoms with E-state index in [2.05, 4.69) is 43.0 Å². The molecule has 110 valence electrons. The van der Waals surface area contributed by atoms with Crippen LogP contribution in [0.1, 0.15) is 38.3 Å². The maximum atomic E-state index is 11.2. The average Bonchev–Trinajstić information content (AvgIpc) is 2.74. The summed E-state index contributed by atoms with van der Waals surface area (Å²) in [6, 6.07) is 8.74. The zero-order valence-corrected chi connectivity index (χ0v) is 12.7. The molecule has 3 nitrogen and oxygen atoms in total. The van der Waals surface area contributed by atoms with Crippen LogP contribution in [-0.2, 0) is 17.8 Å². The van der Waals surface area contributed by atoms with Crippen LogP contribution < -0.4 is 0 Å². The number of rotatable bonds is 5. The lowest BCUT2D eigenvalue weighted by Gasteiger charge is -2.20. The highest BCUT2D eigenvalue weighted by atomic mass is 16.4. The Bertz CT molecular complexity index is 466. The molecule has 1 aliphatic heterocycles. The minimum Gasteiger partial charge on any atom is -0.481 e. The summed E-state index contributed by atoms with van der Waals surface area (Å²) >= 11 is 0. The molecule has 1 heterocycles. The van der Waals surface area contributed by atoms with Crippen LogP contribution in [0.15, 0.2) is 24.3 Å². The summed E-state index contributed by atoms with van der Waals surface area (Å²) in [4.78, 5) is 13.5. The monoisotopic (exact) mass is 275 g/mol. The van der Waals surface area contributed by atoms with E-state index < -0.39 is 11.4 Å². The molecule has 3 heteroatoms. The van der Waals surface area contributed by atoms with Crippen LogP contribution >= 0.6 is 0 Å². The molecule has 0 saturated carbocycles. The van der Waals surface area contributed by atoms with Gasteiger partial charge >= 0.3 is 5.97 Å². The lowest BCUT2D eigenvalue weighted by molar-refractivity contribution is -0.147. The molecular formula is C17H25NO2. The molecule has 1 aromatic carbocycles. The summed E-state index contributed by atoms with van der Waals surface area (Å²) < 4.78 is 0. The van der Waals surface area contributed by atoms with Gasteiger partial charge < -0.3 is 5.11 Å². The van der Waals surface area contributed by atoms with E-state index in [-0.39, 0.29) is 0 Å². The van der Waals surface area contributed by atoms with Gasteiger partial charge in [0.05, 0.1) is 5.41 Å². The number of likely N-dealkylation sites (tertiary alicyclic amines) is 1. The SMILES string of the molecule is CC(C)Cc1ccc(CN2CCC(C)(C(=O)O)C2)cc1. The number of benzene rings is 1. The molecular weight excluding hydrogens is 250 g/mol. The molecule has 1 unspecified atom stereocenters. The zero-order chi connectivity index (χ0) is 14.8. The van der Waals surface area contributed by atoms with Gasteiger partial charge in [0.1, 0.15) is 0 Å². The number of carboxylic acids is 1. The van der Waals surface area contributed by atoms with Crippen LogP contribution in [0.5, 0.6) is 0 Å². The summed E-state index contributed by atoms with van der Waals surface area (Å²) in [5.74, 6) is 0.00277. The minimum atomic E-state index is -0.674. The van der Waals surface area contributed by atoms with Gasteiger partial charge in [0.15, 0.2) is 0 Å². The van der Waals surface area contributed by atoms with Crippen molar-refractivity contribution in [2.45, 2.75) is 40.2 Å².